The first-order chi connectivity index (χ1) is 10.3. The zero-order chi connectivity index (χ0) is 16.7. The van der Waals surface area contributed by atoms with Crippen LogP contribution in [0.25, 0.3) is 6.08 Å². The summed E-state index contributed by atoms with van der Waals surface area (Å²) in [6.07, 6.45) is 3.03. The second-order valence-electron chi connectivity index (χ2n) is 6.10. The molecular formula is C18H26FNO2. The van der Waals surface area contributed by atoms with Gasteiger partial charge >= 0.3 is 0 Å². The van der Waals surface area contributed by atoms with Crippen LogP contribution in [0.4, 0.5) is 4.39 Å². The van der Waals surface area contributed by atoms with Crippen molar-refractivity contribution in [3.8, 4) is 5.75 Å². The molecular weight excluding hydrogens is 281 g/mol. The van der Waals surface area contributed by atoms with E-state index >= 15 is 0 Å². The predicted molar refractivity (Wildman–Crippen MR) is 88.5 cm³/mol. The smallest absolute Gasteiger partial charge is 0.158 e. The Hall–Kier alpha value is -1.68. The molecule has 0 aliphatic heterocycles. The standard InChI is InChI=1S/C18H26FNO2/c1-12(2)18(21)7-6-15-8-16(19)10-17(9-15)22-14(5)11-20-13(3)4/h6-10,12-14,20H,11H2,1-5H3/b7-6+/t14-/m0/s1. The maximum absolute atomic E-state index is 13.7. The van der Waals surface area contributed by atoms with Crippen molar-refractivity contribution >= 4 is 11.9 Å². The number of ether oxygens (including phenoxy) is 1. The second kappa shape index (κ2) is 8.69. The molecule has 1 atom stereocenters. The third kappa shape index (κ3) is 6.85. The van der Waals surface area contributed by atoms with Crippen LogP contribution in [0.5, 0.6) is 5.75 Å². The van der Waals surface area contributed by atoms with Gasteiger partial charge in [0.05, 0.1) is 0 Å². The Morgan fingerprint density at radius 1 is 1.23 bits per heavy atom. The minimum absolute atomic E-state index is 0.0150. The summed E-state index contributed by atoms with van der Waals surface area (Å²) >= 11 is 0. The quantitative estimate of drug-likeness (QED) is 0.742. The molecule has 0 radical (unpaired) electrons. The monoisotopic (exact) mass is 307 g/mol. The molecule has 0 amide bonds. The lowest BCUT2D eigenvalue weighted by atomic mass is 10.1. The molecule has 0 unspecified atom stereocenters. The largest absolute Gasteiger partial charge is 0.489 e. The van der Waals surface area contributed by atoms with Gasteiger partial charge < -0.3 is 10.1 Å². The van der Waals surface area contributed by atoms with Crippen LogP contribution in [0.2, 0.25) is 0 Å². The van der Waals surface area contributed by atoms with Crippen molar-refractivity contribution < 1.29 is 13.9 Å². The molecule has 0 spiro atoms. The molecule has 3 nitrogen and oxygen atoms in total. The maximum Gasteiger partial charge on any atom is 0.158 e. The first kappa shape index (κ1) is 18.4. The molecule has 1 N–H and O–H groups in total. The minimum atomic E-state index is -0.377. The Bertz CT molecular complexity index is 524. The van der Waals surface area contributed by atoms with Crippen molar-refractivity contribution in [3.05, 3.63) is 35.7 Å². The van der Waals surface area contributed by atoms with Gasteiger partial charge in [-0.25, -0.2) is 4.39 Å². The van der Waals surface area contributed by atoms with Crippen LogP contribution in [0.3, 0.4) is 0 Å². The first-order valence-electron chi connectivity index (χ1n) is 7.70. The van der Waals surface area contributed by atoms with Crippen molar-refractivity contribution in [1.82, 2.24) is 5.32 Å². The van der Waals surface area contributed by atoms with Crippen molar-refractivity contribution in [1.29, 1.82) is 0 Å². The van der Waals surface area contributed by atoms with Gasteiger partial charge in [0.1, 0.15) is 17.7 Å². The molecule has 0 bridgehead atoms. The highest BCUT2D eigenvalue weighted by Crippen LogP contribution is 2.19. The normalized spacial score (nSPS) is 13.1. The van der Waals surface area contributed by atoms with E-state index in [4.69, 9.17) is 4.74 Å². The summed E-state index contributed by atoms with van der Waals surface area (Å²) < 4.78 is 19.4. The first-order valence-corrected chi connectivity index (χ1v) is 7.70. The van der Waals surface area contributed by atoms with Gasteiger partial charge in [0.15, 0.2) is 5.78 Å². The lowest BCUT2D eigenvalue weighted by molar-refractivity contribution is -0.117. The molecule has 1 rings (SSSR count). The van der Waals surface area contributed by atoms with Crippen LogP contribution in [-0.4, -0.2) is 24.5 Å². The van der Waals surface area contributed by atoms with E-state index in [0.717, 1.165) is 0 Å². The average Bonchev–Trinajstić information content (AvgIpc) is 2.41. The summed E-state index contributed by atoms with van der Waals surface area (Å²) in [6, 6.07) is 4.85. The van der Waals surface area contributed by atoms with Gasteiger partial charge in [-0.1, -0.05) is 33.8 Å². The second-order valence-corrected chi connectivity index (χ2v) is 6.10. The number of carbonyl (C=O) groups excluding carboxylic acids is 1. The lowest BCUT2D eigenvalue weighted by Gasteiger charge is -2.17. The lowest BCUT2D eigenvalue weighted by Crippen LogP contribution is -2.33. The number of rotatable bonds is 8. The molecule has 1 aromatic carbocycles. The average molecular weight is 307 g/mol. The number of hydrogen-bond acceptors (Lipinski definition) is 3. The fraction of sp³-hybridized carbons (Fsp3) is 0.500. The maximum atomic E-state index is 13.7. The van der Waals surface area contributed by atoms with Crippen LogP contribution in [0.15, 0.2) is 24.3 Å². The van der Waals surface area contributed by atoms with Gasteiger partial charge in [0.2, 0.25) is 0 Å². The van der Waals surface area contributed by atoms with E-state index in [1.807, 2.05) is 20.8 Å². The van der Waals surface area contributed by atoms with Crippen LogP contribution >= 0.6 is 0 Å². The summed E-state index contributed by atoms with van der Waals surface area (Å²) in [4.78, 5) is 11.6. The molecule has 0 aromatic heterocycles. The van der Waals surface area contributed by atoms with Gasteiger partial charge in [-0.3, -0.25) is 4.79 Å². The molecule has 0 heterocycles. The van der Waals surface area contributed by atoms with Crippen molar-refractivity contribution in [2.45, 2.75) is 46.8 Å². The molecule has 0 saturated carbocycles. The molecule has 0 aliphatic carbocycles. The Kier molecular flexibility index (Phi) is 7.25. The van der Waals surface area contributed by atoms with Gasteiger partial charge in [0.25, 0.3) is 0 Å². The van der Waals surface area contributed by atoms with E-state index < -0.39 is 0 Å². The number of allylic oxidation sites excluding steroid dienone is 1. The van der Waals surface area contributed by atoms with Crippen LogP contribution in [0, 0.1) is 11.7 Å². The van der Waals surface area contributed by atoms with E-state index in [2.05, 4.69) is 19.2 Å². The summed E-state index contributed by atoms with van der Waals surface area (Å²) in [5, 5.41) is 3.27. The van der Waals surface area contributed by atoms with Gasteiger partial charge in [-0.2, -0.15) is 0 Å². The number of nitrogens with one attached hydrogen (secondary N) is 1. The Morgan fingerprint density at radius 3 is 2.50 bits per heavy atom. The van der Waals surface area contributed by atoms with E-state index in [1.54, 1.807) is 12.1 Å². The van der Waals surface area contributed by atoms with Crippen molar-refractivity contribution in [2.24, 2.45) is 5.92 Å². The highest BCUT2D eigenvalue weighted by Gasteiger charge is 2.07. The number of benzene rings is 1. The van der Waals surface area contributed by atoms with Gasteiger partial charge in [-0.15, -0.1) is 0 Å². The summed E-state index contributed by atoms with van der Waals surface area (Å²) in [5.74, 6) is 0.0387. The molecule has 0 fully saturated rings. The van der Waals surface area contributed by atoms with Crippen LogP contribution in [0.1, 0.15) is 40.2 Å². The van der Waals surface area contributed by atoms with Crippen molar-refractivity contribution in [2.75, 3.05) is 6.54 Å². The molecule has 0 aliphatic rings. The summed E-state index contributed by atoms with van der Waals surface area (Å²) in [5.41, 5.74) is 0.619. The molecule has 0 saturated heterocycles. The number of halogens is 1. The number of ketones is 1. The molecule has 122 valence electrons. The van der Waals surface area contributed by atoms with E-state index in [9.17, 15) is 9.18 Å². The number of carbonyl (C=O) groups is 1. The highest BCUT2D eigenvalue weighted by molar-refractivity contribution is 5.94. The van der Waals surface area contributed by atoms with Crippen molar-refractivity contribution in [3.63, 3.8) is 0 Å². The minimum Gasteiger partial charge on any atom is -0.489 e. The fourth-order valence-electron chi connectivity index (χ4n) is 1.80. The highest BCUT2D eigenvalue weighted by atomic mass is 19.1. The third-order valence-electron chi connectivity index (χ3n) is 3.05. The van der Waals surface area contributed by atoms with E-state index in [-0.39, 0.29) is 23.6 Å². The zero-order valence-electron chi connectivity index (χ0n) is 14.0. The van der Waals surface area contributed by atoms with E-state index in [0.29, 0.717) is 23.9 Å². The summed E-state index contributed by atoms with van der Waals surface area (Å²) in [6.45, 7) is 10.4. The van der Waals surface area contributed by atoms with E-state index in [1.165, 1.54) is 18.2 Å². The SMILES string of the molecule is CC(C)NC[C@H](C)Oc1cc(F)cc(/C=C/C(=O)C(C)C)c1. The molecule has 1 aromatic rings. The Labute approximate surface area is 132 Å². The Morgan fingerprint density at radius 2 is 1.91 bits per heavy atom. The molecule has 22 heavy (non-hydrogen) atoms. The Balaban J connectivity index is 2.75. The van der Waals surface area contributed by atoms with Gasteiger partial charge in [-0.05, 0) is 30.7 Å². The summed E-state index contributed by atoms with van der Waals surface area (Å²) in [7, 11) is 0. The molecule has 4 heteroatoms. The fourth-order valence-corrected chi connectivity index (χ4v) is 1.80. The zero-order valence-corrected chi connectivity index (χ0v) is 14.0. The van der Waals surface area contributed by atoms with Crippen LogP contribution in [-0.2, 0) is 4.79 Å². The van der Waals surface area contributed by atoms with Gasteiger partial charge in [0, 0.05) is 24.6 Å². The topological polar surface area (TPSA) is 38.3 Å². The number of hydrogen-bond donors (Lipinski definition) is 1. The van der Waals surface area contributed by atoms with Crippen LogP contribution < -0.4 is 10.1 Å². The predicted octanol–water partition coefficient (Wildman–Crippen LogP) is 3.83. The third-order valence-corrected chi connectivity index (χ3v) is 3.05.